The summed E-state index contributed by atoms with van der Waals surface area (Å²) in [6.45, 7) is 19.7. The first-order valence-corrected chi connectivity index (χ1v) is 19.3. The number of aromatic amines is 1. The molecule has 0 radical (unpaired) electrons. The van der Waals surface area contributed by atoms with Gasteiger partial charge in [0.2, 0.25) is 0 Å². The van der Waals surface area contributed by atoms with E-state index in [0.717, 1.165) is 89.7 Å². The molecule has 3 aliphatic heterocycles. The summed E-state index contributed by atoms with van der Waals surface area (Å²) in [5.74, 6) is -1.63. The van der Waals surface area contributed by atoms with E-state index in [-0.39, 0.29) is 36.5 Å². The minimum Gasteiger partial charge on any atom is -0.487 e. The number of piperidine rings is 2. The number of carbonyl (C=O) groups excluding carboxylic acids is 1. The van der Waals surface area contributed by atoms with Crippen molar-refractivity contribution in [2.24, 2.45) is 5.41 Å². The van der Waals surface area contributed by atoms with Gasteiger partial charge in [-0.3, -0.25) is 5.10 Å². The number of amides is 1. The van der Waals surface area contributed by atoms with E-state index in [1.807, 2.05) is 39.8 Å². The summed E-state index contributed by atoms with van der Waals surface area (Å²) in [6, 6.07) is 6.31. The Morgan fingerprint density at radius 2 is 1.74 bits per heavy atom. The van der Waals surface area contributed by atoms with Gasteiger partial charge in [0.25, 0.3) is 5.92 Å². The Labute approximate surface area is 315 Å². The third kappa shape index (κ3) is 6.95. The number of alkyl halides is 2. The van der Waals surface area contributed by atoms with Crippen molar-refractivity contribution in [3.63, 3.8) is 0 Å². The number of aryl methyl sites for hydroxylation is 1. The lowest BCUT2D eigenvalue weighted by atomic mass is 9.72. The maximum atomic E-state index is 14.3. The van der Waals surface area contributed by atoms with E-state index in [4.69, 9.17) is 24.2 Å². The highest BCUT2D eigenvalue weighted by atomic mass is 19.3. The van der Waals surface area contributed by atoms with Gasteiger partial charge in [0.1, 0.15) is 29.1 Å². The topological polar surface area (TPSA) is 109 Å². The molecule has 1 saturated carbocycles. The number of hydrogen-bond donors (Lipinski definition) is 1. The Hall–Kier alpha value is -4.52. The fourth-order valence-corrected chi connectivity index (χ4v) is 8.58. The summed E-state index contributed by atoms with van der Waals surface area (Å²) in [5.41, 5.74) is 4.23. The number of carbonyl (C=O) groups is 1. The zero-order valence-electron chi connectivity index (χ0n) is 32.0. The summed E-state index contributed by atoms with van der Waals surface area (Å²) < 4.78 is 47.6. The van der Waals surface area contributed by atoms with E-state index in [1.54, 1.807) is 17.2 Å². The van der Waals surface area contributed by atoms with Gasteiger partial charge in [0, 0.05) is 73.9 Å². The van der Waals surface area contributed by atoms with Crippen molar-refractivity contribution < 1.29 is 27.8 Å². The van der Waals surface area contributed by atoms with Crippen LogP contribution in [0.1, 0.15) is 77.3 Å². The number of anilines is 1. The average molecular weight is 744 g/mol. The zero-order chi connectivity index (χ0) is 38.0. The molecule has 1 amide bonds. The first kappa shape index (κ1) is 36.5. The molecule has 3 saturated heterocycles. The number of likely N-dealkylation sites (tertiary alicyclic amines) is 2. The number of nitrogens with zero attached hydrogens (tertiary/aromatic N) is 6. The van der Waals surface area contributed by atoms with Crippen LogP contribution in [0.25, 0.3) is 39.0 Å². The molecule has 2 aromatic heterocycles. The highest BCUT2D eigenvalue weighted by Crippen LogP contribution is 2.50. The smallest absolute Gasteiger partial charge is 0.410 e. The number of ether oxygens (including phenoxy) is 3. The standard InChI is InChI=1S/C41H51F2N7O4/c1-7-26-19-29-34(35(52-28-20-41(42,43)21-28)33(26)32-25(3)9-10-31-30(32)22-44-47-31)45-37(53-27-11-15-48(8-2)16-12-27)46-36(29)49-17-13-40(14-18-49)23-50(24-40)38(51)54-39(4,5)6/h7,9-10,19,22,27-28H,1,8,11-18,20-21,23-24H2,2-6H3,(H,44,47). The van der Waals surface area contributed by atoms with Gasteiger partial charge in [-0.15, -0.1) is 0 Å². The quantitative estimate of drug-likeness (QED) is 0.192. The highest BCUT2D eigenvalue weighted by Gasteiger charge is 2.49. The summed E-state index contributed by atoms with van der Waals surface area (Å²) >= 11 is 0. The molecule has 0 unspecified atom stereocenters. The van der Waals surface area contributed by atoms with Crippen LogP contribution in [0.3, 0.4) is 0 Å². The summed E-state index contributed by atoms with van der Waals surface area (Å²) in [7, 11) is 0. The molecule has 288 valence electrons. The van der Waals surface area contributed by atoms with Crippen LogP contribution in [0.2, 0.25) is 0 Å². The van der Waals surface area contributed by atoms with E-state index in [2.05, 4.69) is 39.6 Å². The SMILES string of the molecule is C=Cc1cc2c(N3CCC4(CC3)CN(C(=O)OC(C)(C)C)C4)nc(OC3CCN(CC)CC3)nc2c(OC2CC(F)(F)C2)c1-c1c(C)ccc2[nH]ncc12. The molecule has 0 bridgehead atoms. The third-order valence-corrected chi connectivity index (χ3v) is 11.7. The number of fused-ring (bicyclic) bond motifs is 2. The minimum atomic E-state index is -2.77. The van der Waals surface area contributed by atoms with Crippen LogP contribution in [0, 0.1) is 12.3 Å². The Kier molecular flexibility index (Phi) is 9.22. The third-order valence-electron chi connectivity index (χ3n) is 11.7. The van der Waals surface area contributed by atoms with Crippen molar-refractivity contribution in [1.29, 1.82) is 0 Å². The first-order chi connectivity index (χ1) is 25.7. The van der Waals surface area contributed by atoms with Crippen molar-refractivity contribution in [1.82, 2.24) is 30.0 Å². The number of halogens is 2. The molecule has 54 heavy (non-hydrogen) atoms. The van der Waals surface area contributed by atoms with Crippen molar-refractivity contribution in [3.05, 3.63) is 42.1 Å². The number of rotatable bonds is 8. The van der Waals surface area contributed by atoms with E-state index >= 15 is 0 Å². The Bertz CT molecular complexity index is 2060. The van der Waals surface area contributed by atoms with E-state index in [1.165, 1.54) is 0 Å². The molecule has 1 N–H and O–H groups in total. The van der Waals surface area contributed by atoms with E-state index < -0.39 is 17.6 Å². The number of benzene rings is 2. The van der Waals surface area contributed by atoms with Crippen LogP contribution in [0.5, 0.6) is 11.8 Å². The lowest BCUT2D eigenvalue weighted by Gasteiger charge is -2.53. The predicted molar refractivity (Wildman–Crippen MR) is 206 cm³/mol. The molecule has 13 heteroatoms. The van der Waals surface area contributed by atoms with Crippen LogP contribution in [-0.2, 0) is 4.74 Å². The van der Waals surface area contributed by atoms with Gasteiger partial charge in [0.05, 0.1) is 11.7 Å². The lowest BCUT2D eigenvalue weighted by Crippen LogP contribution is -2.62. The molecule has 4 aromatic rings. The number of hydrogen-bond acceptors (Lipinski definition) is 9. The fourth-order valence-electron chi connectivity index (χ4n) is 8.58. The number of H-pyrrole nitrogens is 1. The molecular formula is C41H51F2N7O4. The van der Waals surface area contributed by atoms with Crippen LogP contribution in [0.15, 0.2) is 31.0 Å². The normalized spacial score (nSPS) is 20.6. The van der Waals surface area contributed by atoms with Crippen molar-refractivity contribution >= 4 is 39.8 Å². The maximum Gasteiger partial charge on any atom is 0.410 e. The Morgan fingerprint density at radius 1 is 1.02 bits per heavy atom. The number of nitrogens with one attached hydrogen (secondary N) is 1. The predicted octanol–water partition coefficient (Wildman–Crippen LogP) is 8.00. The lowest BCUT2D eigenvalue weighted by molar-refractivity contribution is -0.134. The second-order valence-electron chi connectivity index (χ2n) is 16.8. The molecule has 1 aliphatic carbocycles. The molecule has 0 atom stereocenters. The summed E-state index contributed by atoms with van der Waals surface area (Å²) in [5, 5.41) is 9.04. The average Bonchev–Trinajstić information content (AvgIpc) is 3.58. The minimum absolute atomic E-state index is 0.0206. The summed E-state index contributed by atoms with van der Waals surface area (Å²) in [4.78, 5) is 29.4. The zero-order valence-corrected chi connectivity index (χ0v) is 32.0. The van der Waals surface area contributed by atoms with Crippen molar-refractivity contribution in [3.8, 4) is 22.9 Å². The summed E-state index contributed by atoms with van der Waals surface area (Å²) in [6.07, 6.45) is 5.28. The van der Waals surface area contributed by atoms with E-state index in [9.17, 15) is 13.6 Å². The van der Waals surface area contributed by atoms with Crippen molar-refractivity contribution in [2.45, 2.75) is 96.9 Å². The number of aromatic nitrogens is 4. The highest BCUT2D eigenvalue weighted by molar-refractivity contribution is 6.07. The molecule has 8 rings (SSSR count). The second kappa shape index (κ2) is 13.6. The maximum absolute atomic E-state index is 14.3. The largest absolute Gasteiger partial charge is 0.487 e. The molecular weight excluding hydrogens is 692 g/mol. The monoisotopic (exact) mass is 743 g/mol. The van der Waals surface area contributed by atoms with Gasteiger partial charge in [-0.1, -0.05) is 25.6 Å². The van der Waals surface area contributed by atoms with Gasteiger partial charge >= 0.3 is 12.1 Å². The van der Waals surface area contributed by atoms with Crippen LogP contribution < -0.4 is 14.4 Å². The van der Waals surface area contributed by atoms with Crippen LogP contribution in [-0.4, -0.2) is 106 Å². The van der Waals surface area contributed by atoms with E-state index in [0.29, 0.717) is 37.4 Å². The van der Waals surface area contributed by atoms with Gasteiger partial charge in [-0.2, -0.15) is 15.1 Å². The fraction of sp³-hybridized carbons (Fsp3) is 0.561. The second-order valence-corrected chi connectivity index (χ2v) is 16.8. The molecule has 5 heterocycles. The van der Waals surface area contributed by atoms with Crippen LogP contribution >= 0.6 is 0 Å². The molecule has 11 nitrogen and oxygen atoms in total. The first-order valence-electron chi connectivity index (χ1n) is 19.3. The Morgan fingerprint density at radius 3 is 2.39 bits per heavy atom. The van der Waals surface area contributed by atoms with Gasteiger partial charge in [-0.25, -0.2) is 13.6 Å². The van der Waals surface area contributed by atoms with Gasteiger partial charge in [0.15, 0.2) is 5.75 Å². The molecule has 4 fully saturated rings. The Balaban J connectivity index is 1.21. The molecule has 1 spiro atoms. The van der Waals surface area contributed by atoms with Gasteiger partial charge in [-0.05, 0) is 88.7 Å². The molecule has 4 aliphatic rings. The van der Waals surface area contributed by atoms with Crippen molar-refractivity contribution in [2.75, 3.05) is 50.7 Å². The van der Waals surface area contributed by atoms with Gasteiger partial charge < -0.3 is 28.9 Å². The molecule has 2 aromatic carbocycles. The van der Waals surface area contributed by atoms with Crippen LogP contribution in [0.4, 0.5) is 19.4 Å².